The number of hydrogen-bond donors (Lipinski definition) is 0. The third-order valence-electron chi connectivity index (χ3n) is 4.77. The number of carbonyl (C=O) groups is 1. The molecule has 0 saturated heterocycles. The van der Waals surface area contributed by atoms with Crippen LogP contribution in [0, 0.1) is 5.92 Å². The fourth-order valence-electron chi connectivity index (χ4n) is 3.33. The van der Waals surface area contributed by atoms with Gasteiger partial charge in [-0.05, 0) is 48.9 Å². The lowest BCUT2D eigenvalue weighted by Crippen LogP contribution is -2.25. The lowest BCUT2D eigenvalue weighted by atomic mass is 9.90. The van der Waals surface area contributed by atoms with E-state index in [0.717, 1.165) is 23.4 Å². The molecule has 0 radical (unpaired) electrons. The average Bonchev–Trinajstić information content (AvgIpc) is 3.28. The van der Waals surface area contributed by atoms with Gasteiger partial charge in [0.2, 0.25) is 0 Å². The number of amides is 1. The highest BCUT2D eigenvalue weighted by molar-refractivity contribution is 7.14. The standard InChI is InChI=1S/C20H21N3O2S/c1-13-6-7-18-14(9-13)10-19(26-18)20(24)23(2)12-15-11-17(22-25-15)16-5-3-4-8-21-16/h3-5,8,10-11,13H,6-7,9,12H2,1-2H3/t13-/m1/s1. The number of nitrogens with zero attached hydrogens (tertiary/aromatic N) is 3. The van der Waals surface area contributed by atoms with Gasteiger partial charge in [0.1, 0.15) is 5.69 Å². The van der Waals surface area contributed by atoms with Crippen LogP contribution < -0.4 is 0 Å². The van der Waals surface area contributed by atoms with Crippen LogP contribution in [0.4, 0.5) is 0 Å². The van der Waals surface area contributed by atoms with Crippen molar-refractivity contribution < 1.29 is 9.32 Å². The number of carbonyl (C=O) groups excluding carboxylic acids is 1. The molecule has 0 fully saturated rings. The maximum atomic E-state index is 12.8. The SMILES string of the molecule is C[C@@H]1CCc2sc(C(=O)N(C)Cc3cc(-c4ccccn4)no3)cc2C1. The molecular weight excluding hydrogens is 346 g/mol. The second kappa shape index (κ2) is 7.03. The third-order valence-corrected chi connectivity index (χ3v) is 5.99. The molecule has 5 nitrogen and oxygen atoms in total. The Labute approximate surface area is 156 Å². The van der Waals surface area contributed by atoms with E-state index in [0.29, 0.717) is 23.9 Å². The van der Waals surface area contributed by atoms with Crippen LogP contribution in [0.15, 0.2) is 41.1 Å². The van der Waals surface area contributed by atoms with Gasteiger partial charge in [-0.2, -0.15) is 0 Å². The minimum Gasteiger partial charge on any atom is -0.359 e. The highest BCUT2D eigenvalue weighted by atomic mass is 32.1. The van der Waals surface area contributed by atoms with E-state index in [-0.39, 0.29) is 5.91 Å². The van der Waals surface area contributed by atoms with Crippen LogP contribution in [-0.4, -0.2) is 28.0 Å². The van der Waals surface area contributed by atoms with E-state index in [1.807, 2.05) is 24.3 Å². The quantitative estimate of drug-likeness (QED) is 0.693. The molecule has 0 saturated carbocycles. The van der Waals surface area contributed by atoms with E-state index in [4.69, 9.17) is 4.52 Å². The van der Waals surface area contributed by atoms with Crippen LogP contribution in [0.5, 0.6) is 0 Å². The molecule has 134 valence electrons. The van der Waals surface area contributed by atoms with Crippen LogP contribution in [0.2, 0.25) is 0 Å². The highest BCUT2D eigenvalue weighted by Crippen LogP contribution is 2.32. The summed E-state index contributed by atoms with van der Waals surface area (Å²) in [5.74, 6) is 1.39. The Balaban J connectivity index is 1.46. The molecule has 0 aliphatic heterocycles. The Kier molecular flexibility index (Phi) is 4.59. The summed E-state index contributed by atoms with van der Waals surface area (Å²) >= 11 is 1.64. The molecule has 3 aromatic rings. The first-order valence-electron chi connectivity index (χ1n) is 8.84. The lowest BCUT2D eigenvalue weighted by molar-refractivity contribution is 0.0777. The molecule has 6 heteroatoms. The molecule has 0 bridgehead atoms. The molecule has 3 aromatic heterocycles. The molecule has 4 rings (SSSR count). The van der Waals surface area contributed by atoms with Crippen molar-refractivity contribution in [1.82, 2.24) is 15.0 Å². The maximum absolute atomic E-state index is 12.8. The smallest absolute Gasteiger partial charge is 0.264 e. The minimum atomic E-state index is 0.0350. The summed E-state index contributed by atoms with van der Waals surface area (Å²) in [7, 11) is 1.80. The Bertz CT molecular complexity index is 916. The Morgan fingerprint density at radius 3 is 3.04 bits per heavy atom. The second-order valence-electron chi connectivity index (χ2n) is 6.96. The van der Waals surface area contributed by atoms with Gasteiger partial charge in [0.25, 0.3) is 5.91 Å². The molecule has 0 N–H and O–H groups in total. The fourth-order valence-corrected chi connectivity index (χ4v) is 4.53. The summed E-state index contributed by atoms with van der Waals surface area (Å²) in [5.41, 5.74) is 2.79. The summed E-state index contributed by atoms with van der Waals surface area (Å²) in [4.78, 5) is 20.9. The fraction of sp³-hybridized carbons (Fsp3) is 0.350. The van der Waals surface area contributed by atoms with E-state index in [1.165, 1.54) is 16.9 Å². The molecule has 0 aromatic carbocycles. The van der Waals surface area contributed by atoms with Gasteiger partial charge in [-0.3, -0.25) is 9.78 Å². The number of hydrogen-bond acceptors (Lipinski definition) is 5. The van der Waals surface area contributed by atoms with E-state index >= 15 is 0 Å². The van der Waals surface area contributed by atoms with Crippen LogP contribution >= 0.6 is 11.3 Å². The number of pyridine rings is 1. The van der Waals surface area contributed by atoms with E-state index in [1.54, 1.807) is 29.5 Å². The summed E-state index contributed by atoms with van der Waals surface area (Å²) in [6.45, 7) is 2.66. The number of thiophene rings is 1. The van der Waals surface area contributed by atoms with Gasteiger partial charge < -0.3 is 9.42 Å². The van der Waals surface area contributed by atoms with Gasteiger partial charge in [-0.15, -0.1) is 11.3 Å². The lowest BCUT2D eigenvalue weighted by Gasteiger charge is -2.16. The van der Waals surface area contributed by atoms with Gasteiger partial charge in [-0.1, -0.05) is 18.1 Å². The molecule has 0 spiro atoms. The molecule has 1 aliphatic carbocycles. The van der Waals surface area contributed by atoms with Crippen LogP contribution in [0.1, 0.15) is 39.2 Å². The van der Waals surface area contributed by atoms with Gasteiger partial charge in [0.05, 0.1) is 17.1 Å². The van der Waals surface area contributed by atoms with Crippen LogP contribution in [-0.2, 0) is 19.4 Å². The molecule has 1 aliphatic rings. The van der Waals surface area contributed by atoms with Crippen molar-refractivity contribution in [1.29, 1.82) is 0 Å². The van der Waals surface area contributed by atoms with Gasteiger partial charge in [0.15, 0.2) is 5.76 Å². The monoisotopic (exact) mass is 367 g/mol. The molecule has 3 heterocycles. The molecule has 26 heavy (non-hydrogen) atoms. The van der Waals surface area contributed by atoms with E-state index < -0.39 is 0 Å². The summed E-state index contributed by atoms with van der Waals surface area (Å²) in [6, 6.07) is 9.57. The van der Waals surface area contributed by atoms with Crippen molar-refractivity contribution in [3.63, 3.8) is 0 Å². The van der Waals surface area contributed by atoms with E-state index in [9.17, 15) is 4.79 Å². The summed E-state index contributed by atoms with van der Waals surface area (Å²) < 4.78 is 5.39. The van der Waals surface area contributed by atoms with Crippen molar-refractivity contribution in [2.45, 2.75) is 32.7 Å². The molecule has 1 atom stereocenters. The zero-order chi connectivity index (χ0) is 18.1. The number of aryl methyl sites for hydroxylation is 1. The number of fused-ring (bicyclic) bond motifs is 1. The topological polar surface area (TPSA) is 59.2 Å². The van der Waals surface area contributed by atoms with E-state index in [2.05, 4.69) is 23.1 Å². The maximum Gasteiger partial charge on any atom is 0.264 e. The summed E-state index contributed by atoms with van der Waals surface area (Å²) in [5, 5.41) is 4.06. The van der Waals surface area contributed by atoms with Crippen LogP contribution in [0.3, 0.4) is 0 Å². The first-order valence-corrected chi connectivity index (χ1v) is 9.66. The van der Waals surface area contributed by atoms with Crippen molar-refractivity contribution in [2.75, 3.05) is 7.05 Å². The largest absolute Gasteiger partial charge is 0.359 e. The Hall–Kier alpha value is -2.47. The predicted molar refractivity (Wildman–Crippen MR) is 101 cm³/mol. The summed E-state index contributed by atoms with van der Waals surface area (Å²) in [6.07, 6.45) is 5.11. The van der Waals surface area contributed by atoms with Crippen molar-refractivity contribution in [2.24, 2.45) is 5.92 Å². The van der Waals surface area contributed by atoms with Gasteiger partial charge in [-0.25, -0.2) is 0 Å². The Morgan fingerprint density at radius 1 is 1.35 bits per heavy atom. The number of rotatable bonds is 4. The molecule has 1 amide bonds. The normalized spacial score (nSPS) is 16.3. The molecular formula is C20H21N3O2S. The molecule has 0 unspecified atom stereocenters. The number of aromatic nitrogens is 2. The zero-order valence-electron chi connectivity index (χ0n) is 14.9. The third kappa shape index (κ3) is 3.42. The predicted octanol–water partition coefficient (Wildman–Crippen LogP) is 4.20. The van der Waals surface area contributed by atoms with Crippen molar-refractivity contribution in [3.8, 4) is 11.4 Å². The first-order chi connectivity index (χ1) is 12.6. The van der Waals surface area contributed by atoms with Crippen LogP contribution in [0.25, 0.3) is 11.4 Å². The van der Waals surface area contributed by atoms with Gasteiger partial charge >= 0.3 is 0 Å². The van der Waals surface area contributed by atoms with Gasteiger partial charge in [0, 0.05) is 24.2 Å². The Morgan fingerprint density at radius 2 is 2.23 bits per heavy atom. The second-order valence-corrected chi connectivity index (χ2v) is 8.10. The minimum absolute atomic E-state index is 0.0350. The average molecular weight is 367 g/mol. The van der Waals surface area contributed by atoms with Crippen molar-refractivity contribution in [3.05, 3.63) is 57.6 Å². The zero-order valence-corrected chi connectivity index (χ0v) is 15.8. The van der Waals surface area contributed by atoms with Crippen molar-refractivity contribution >= 4 is 17.2 Å². The highest BCUT2D eigenvalue weighted by Gasteiger charge is 2.23. The first kappa shape index (κ1) is 17.0.